The van der Waals surface area contributed by atoms with E-state index >= 15 is 0 Å². The Labute approximate surface area is 128 Å². The van der Waals surface area contributed by atoms with Gasteiger partial charge in [-0.3, -0.25) is 4.79 Å². The molecule has 0 radical (unpaired) electrons. The fourth-order valence-electron chi connectivity index (χ4n) is 1.59. The van der Waals surface area contributed by atoms with Crippen molar-refractivity contribution < 1.29 is 18.0 Å². The first kappa shape index (κ1) is 16.2. The molecule has 0 fully saturated rings. The first-order chi connectivity index (χ1) is 10.3. The van der Waals surface area contributed by atoms with Gasteiger partial charge in [0.05, 0.1) is 12.1 Å². The lowest BCUT2D eigenvalue weighted by Gasteiger charge is -2.07. The molecule has 0 aliphatic heterocycles. The van der Waals surface area contributed by atoms with Crippen LogP contribution in [0.15, 0.2) is 23.7 Å². The minimum atomic E-state index is -4.42. The molecule has 1 amide bonds. The van der Waals surface area contributed by atoms with Gasteiger partial charge in [-0.25, -0.2) is 9.97 Å². The van der Waals surface area contributed by atoms with Crippen LogP contribution in [0.1, 0.15) is 11.3 Å². The number of rotatable bonds is 5. The maximum Gasteiger partial charge on any atom is 0.405 e. The minimum absolute atomic E-state index is 0.199. The number of aromatic nitrogens is 2. The number of aryl methyl sites for hydroxylation is 1. The summed E-state index contributed by atoms with van der Waals surface area (Å²) in [6.07, 6.45) is -2.96. The molecular formula is C13H13F3N4OS. The van der Waals surface area contributed by atoms with Crippen LogP contribution in [-0.4, -0.2) is 28.6 Å². The number of hydrogen-bond donors (Lipinski definition) is 2. The first-order valence-electron chi connectivity index (χ1n) is 6.29. The molecule has 0 bridgehead atoms. The maximum absolute atomic E-state index is 12.0. The van der Waals surface area contributed by atoms with E-state index in [1.807, 2.05) is 19.1 Å². The Hall–Kier alpha value is -2.16. The van der Waals surface area contributed by atoms with Crippen molar-refractivity contribution in [2.45, 2.75) is 19.5 Å². The molecule has 0 unspecified atom stereocenters. The topological polar surface area (TPSA) is 66.9 Å². The molecule has 0 saturated carbocycles. The number of anilines is 2. The first-order valence-corrected chi connectivity index (χ1v) is 7.17. The van der Waals surface area contributed by atoms with Crippen LogP contribution in [0.5, 0.6) is 0 Å². The highest BCUT2D eigenvalue weighted by Gasteiger charge is 2.27. The lowest BCUT2D eigenvalue weighted by Crippen LogP contribution is -2.34. The monoisotopic (exact) mass is 330 g/mol. The van der Waals surface area contributed by atoms with Gasteiger partial charge in [0, 0.05) is 11.6 Å². The van der Waals surface area contributed by atoms with Crippen LogP contribution in [-0.2, 0) is 11.2 Å². The molecule has 22 heavy (non-hydrogen) atoms. The van der Waals surface area contributed by atoms with Crippen molar-refractivity contribution in [3.63, 3.8) is 0 Å². The summed E-state index contributed by atoms with van der Waals surface area (Å²) in [7, 11) is 0. The summed E-state index contributed by atoms with van der Waals surface area (Å²) in [6, 6.07) is 3.68. The summed E-state index contributed by atoms with van der Waals surface area (Å²) in [5, 5.41) is 6.93. The van der Waals surface area contributed by atoms with E-state index in [9.17, 15) is 18.0 Å². The molecule has 0 aromatic carbocycles. The SMILES string of the molecule is Cc1ccnc(Nc2nc(CC(=O)NCC(F)(F)F)cs2)c1. The molecule has 9 heteroatoms. The Kier molecular flexibility index (Phi) is 4.96. The summed E-state index contributed by atoms with van der Waals surface area (Å²) in [5.74, 6) is -0.106. The molecule has 0 aliphatic carbocycles. The van der Waals surface area contributed by atoms with Gasteiger partial charge in [0.1, 0.15) is 12.4 Å². The second-order valence-electron chi connectivity index (χ2n) is 4.56. The number of carbonyl (C=O) groups is 1. The zero-order valence-electron chi connectivity index (χ0n) is 11.6. The van der Waals surface area contributed by atoms with Gasteiger partial charge in [-0.15, -0.1) is 11.3 Å². The van der Waals surface area contributed by atoms with E-state index < -0.39 is 18.6 Å². The lowest BCUT2D eigenvalue weighted by molar-refractivity contribution is -0.138. The van der Waals surface area contributed by atoms with Crippen molar-refractivity contribution in [2.24, 2.45) is 0 Å². The van der Waals surface area contributed by atoms with Gasteiger partial charge in [0.2, 0.25) is 5.91 Å². The van der Waals surface area contributed by atoms with Crippen molar-refractivity contribution in [2.75, 3.05) is 11.9 Å². The summed E-state index contributed by atoms with van der Waals surface area (Å²) >= 11 is 1.25. The number of pyridine rings is 1. The van der Waals surface area contributed by atoms with E-state index in [0.717, 1.165) is 5.56 Å². The fourth-order valence-corrected chi connectivity index (χ4v) is 2.30. The molecular weight excluding hydrogens is 317 g/mol. The Bertz CT molecular complexity index is 657. The van der Waals surface area contributed by atoms with Crippen molar-refractivity contribution in [3.05, 3.63) is 35.0 Å². The number of hydrogen-bond acceptors (Lipinski definition) is 5. The molecule has 2 heterocycles. The van der Waals surface area contributed by atoms with Gasteiger partial charge in [0.25, 0.3) is 0 Å². The predicted molar refractivity (Wildman–Crippen MR) is 77.1 cm³/mol. The van der Waals surface area contributed by atoms with E-state index in [0.29, 0.717) is 16.6 Å². The van der Waals surface area contributed by atoms with Crippen molar-refractivity contribution >= 4 is 28.2 Å². The number of carbonyl (C=O) groups excluding carboxylic acids is 1. The van der Waals surface area contributed by atoms with Crippen LogP contribution in [0.4, 0.5) is 24.1 Å². The van der Waals surface area contributed by atoms with Crippen LogP contribution >= 0.6 is 11.3 Å². The lowest BCUT2D eigenvalue weighted by atomic mass is 10.3. The average molecular weight is 330 g/mol. The Morgan fingerprint density at radius 1 is 1.41 bits per heavy atom. The van der Waals surface area contributed by atoms with Crippen LogP contribution in [0.25, 0.3) is 0 Å². The van der Waals surface area contributed by atoms with Gasteiger partial charge in [-0.2, -0.15) is 13.2 Å². The highest BCUT2D eigenvalue weighted by atomic mass is 32.1. The largest absolute Gasteiger partial charge is 0.405 e. The van der Waals surface area contributed by atoms with Crippen molar-refractivity contribution in [3.8, 4) is 0 Å². The number of nitrogens with zero attached hydrogens (tertiary/aromatic N) is 2. The zero-order valence-corrected chi connectivity index (χ0v) is 12.4. The third kappa shape index (κ3) is 5.32. The standard InChI is InChI=1S/C13H13F3N4OS/c1-8-2-3-17-10(4-8)20-12-19-9(6-22-12)5-11(21)18-7-13(14,15)16/h2-4,6H,5,7H2,1H3,(H,18,21)(H,17,19,20). The highest BCUT2D eigenvalue weighted by Crippen LogP contribution is 2.20. The van der Waals surface area contributed by atoms with Gasteiger partial charge in [-0.05, 0) is 24.6 Å². The molecule has 0 spiro atoms. The van der Waals surface area contributed by atoms with E-state index in [2.05, 4.69) is 15.3 Å². The summed E-state index contributed by atoms with van der Waals surface area (Å²) in [6.45, 7) is 0.583. The van der Waals surface area contributed by atoms with Gasteiger partial charge in [0.15, 0.2) is 5.13 Å². The number of amides is 1. The van der Waals surface area contributed by atoms with E-state index in [-0.39, 0.29) is 6.42 Å². The Morgan fingerprint density at radius 3 is 2.86 bits per heavy atom. The van der Waals surface area contributed by atoms with E-state index in [1.165, 1.54) is 11.3 Å². The summed E-state index contributed by atoms with van der Waals surface area (Å²) in [4.78, 5) is 19.6. The summed E-state index contributed by atoms with van der Waals surface area (Å²) < 4.78 is 36.0. The number of nitrogens with one attached hydrogen (secondary N) is 2. The van der Waals surface area contributed by atoms with Gasteiger partial charge < -0.3 is 10.6 Å². The Balaban J connectivity index is 1.90. The molecule has 2 aromatic heterocycles. The molecule has 5 nitrogen and oxygen atoms in total. The summed E-state index contributed by atoms with van der Waals surface area (Å²) in [5.41, 5.74) is 1.43. The zero-order chi connectivity index (χ0) is 16.2. The third-order valence-corrected chi connectivity index (χ3v) is 3.34. The van der Waals surface area contributed by atoms with Crippen LogP contribution in [0.2, 0.25) is 0 Å². The smallest absolute Gasteiger partial charge is 0.347 e. The molecule has 2 rings (SSSR count). The third-order valence-electron chi connectivity index (χ3n) is 2.53. The number of alkyl halides is 3. The highest BCUT2D eigenvalue weighted by molar-refractivity contribution is 7.13. The maximum atomic E-state index is 12.0. The van der Waals surface area contributed by atoms with Crippen LogP contribution < -0.4 is 10.6 Å². The average Bonchev–Trinajstić information content (AvgIpc) is 2.83. The van der Waals surface area contributed by atoms with Crippen LogP contribution in [0, 0.1) is 6.92 Å². The quantitative estimate of drug-likeness (QED) is 0.885. The van der Waals surface area contributed by atoms with E-state index in [1.54, 1.807) is 16.9 Å². The minimum Gasteiger partial charge on any atom is -0.347 e. The molecule has 2 aromatic rings. The van der Waals surface area contributed by atoms with Crippen molar-refractivity contribution in [1.82, 2.24) is 15.3 Å². The second-order valence-corrected chi connectivity index (χ2v) is 5.41. The van der Waals surface area contributed by atoms with Gasteiger partial charge in [-0.1, -0.05) is 0 Å². The van der Waals surface area contributed by atoms with E-state index in [4.69, 9.17) is 0 Å². The second kappa shape index (κ2) is 6.73. The Morgan fingerprint density at radius 2 is 2.18 bits per heavy atom. The molecule has 0 atom stereocenters. The normalized spacial score (nSPS) is 11.3. The number of halogens is 3. The predicted octanol–water partition coefficient (Wildman–Crippen LogP) is 2.81. The molecule has 2 N–H and O–H groups in total. The van der Waals surface area contributed by atoms with Crippen molar-refractivity contribution in [1.29, 1.82) is 0 Å². The van der Waals surface area contributed by atoms with Crippen LogP contribution in [0.3, 0.4) is 0 Å². The fraction of sp³-hybridized carbons (Fsp3) is 0.308. The van der Waals surface area contributed by atoms with Gasteiger partial charge >= 0.3 is 6.18 Å². The molecule has 0 aliphatic rings. The molecule has 118 valence electrons. The number of thiazole rings is 1. The molecule has 0 saturated heterocycles.